The number of allylic oxidation sites excluding steroid dienone is 2. The van der Waals surface area contributed by atoms with Gasteiger partial charge in [0.15, 0.2) is 17.5 Å². The molecule has 2 aromatic rings. The average molecular weight is 338 g/mol. The fourth-order valence-electron chi connectivity index (χ4n) is 3.13. The SMILES string of the molecule is C/C(=C/C(=O)[C@@H](C#N)c1nnc2n1CCCCC2)c1ccccc1F. The molecule has 1 aromatic carbocycles. The molecule has 0 N–H and O–H groups in total. The number of nitriles is 1. The van der Waals surface area contributed by atoms with E-state index in [1.807, 2.05) is 10.6 Å². The fourth-order valence-corrected chi connectivity index (χ4v) is 3.13. The maximum Gasteiger partial charge on any atom is 0.180 e. The maximum absolute atomic E-state index is 13.9. The van der Waals surface area contributed by atoms with Crippen LogP contribution in [0.1, 0.15) is 49.3 Å². The summed E-state index contributed by atoms with van der Waals surface area (Å²) in [7, 11) is 0. The average Bonchev–Trinajstić information content (AvgIpc) is 2.84. The van der Waals surface area contributed by atoms with E-state index in [0.717, 1.165) is 38.1 Å². The number of fused-ring (bicyclic) bond motifs is 1. The molecular weight excluding hydrogens is 319 g/mol. The van der Waals surface area contributed by atoms with Crippen molar-refractivity contribution in [3.63, 3.8) is 0 Å². The molecule has 0 unspecified atom stereocenters. The summed E-state index contributed by atoms with van der Waals surface area (Å²) in [5.74, 6) is -0.602. The molecule has 0 saturated carbocycles. The van der Waals surface area contributed by atoms with Gasteiger partial charge >= 0.3 is 0 Å². The molecule has 1 aromatic heterocycles. The number of ketones is 1. The highest BCUT2D eigenvalue weighted by Gasteiger charge is 2.27. The number of hydrogen-bond donors (Lipinski definition) is 0. The molecule has 5 nitrogen and oxygen atoms in total. The minimum Gasteiger partial charge on any atom is -0.313 e. The van der Waals surface area contributed by atoms with Gasteiger partial charge in [-0.2, -0.15) is 5.26 Å². The lowest BCUT2D eigenvalue weighted by Crippen LogP contribution is -2.16. The van der Waals surface area contributed by atoms with Gasteiger partial charge in [0.05, 0.1) is 6.07 Å². The Hall–Kier alpha value is -2.81. The number of halogens is 1. The largest absolute Gasteiger partial charge is 0.313 e. The van der Waals surface area contributed by atoms with E-state index >= 15 is 0 Å². The summed E-state index contributed by atoms with van der Waals surface area (Å²) < 4.78 is 15.8. The molecule has 128 valence electrons. The number of rotatable bonds is 4. The highest BCUT2D eigenvalue weighted by Crippen LogP contribution is 2.23. The zero-order chi connectivity index (χ0) is 17.8. The molecule has 1 aliphatic rings. The monoisotopic (exact) mass is 338 g/mol. The molecule has 3 rings (SSSR count). The topological polar surface area (TPSA) is 71.6 Å². The predicted molar refractivity (Wildman–Crippen MR) is 91.0 cm³/mol. The zero-order valence-corrected chi connectivity index (χ0v) is 14.1. The molecule has 0 bridgehead atoms. The van der Waals surface area contributed by atoms with Gasteiger partial charge in [0, 0.05) is 18.5 Å². The second-order valence-electron chi connectivity index (χ2n) is 6.21. The maximum atomic E-state index is 13.9. The van der Waals surface area contributed by atoms with Crippen LogP contribution in [0.4, 0.5) is 4.39 Å². The van der Waals surface area contributed by atoms with Gasteiger partial charge in [-0.25, -0.2) is 4.39 Å². The van der Waals surface area contributed by atoms with Crippen molar-refractivity contribution in [1.29, 1.82) is 5.26 Å². The van der Waals surface area contributed by atoms with Crippen LogP contribution in [-0.4, -0.2) is 20.5 Å². The Bertz CT molecular complexity index is 863. The van der Waals surface area contributed by atoms with Crippen molar-refractivity contribution >= 4 is 11.4 Å². The molecule has 1 atom stereocenters. The van der Waals surface area contributed by atoms with Crippen molar-refractivity contribution in [2.24, 2.45) is 0 Å². The summed E-state index contributed by atoms with van der Waals surface area (Å²) in [5, 5.41) is 17.8. The summed E-state index contributed by atoms with van der Waals surface area (Å²) in [6.45, 7) is 2.38. The highest BCUT2D eigenvalue weighted by molar-refractivity contribution is 6.02. The van der Waals surface area contributed by atoms with Crippen LogP contribution in [0.25, 0.3) is 5.57 Å². The Morgan fingerprint density at radius 3 is 2.88 bits per heavy atom. The summed E-state index contributed by atoms with van der Waals surface area (Å²) in [6, 6.07) is 8.29. The Morgan fingerprint density at radius 2 is 2.12 bits per heavy atom. The van der Waals surface area contributed by atoms with Crippen LogP contribution < -0.4 is 0 Å². The Morgan fingerprint density at radius 1 is 1.32 bits per heavy atom. The van der Waals surface area contributed by atoms with E-state index in [9.17, 15) is 14.4 Å². The van der Waals surface area contributed by atoms with Crippen molar-refractivity contribution in [2.45, 2.75) is 45.1 Å². The van der Waals surface area contributed by atoms with Gasteiger partial charge in [0.25, 0.3) is 0 Å². The van der Waals surface area contributed by atoms with E-state index in [1.54, 1.807) is 25.1 Å². The second kappa shape index (κ2) is 7.39. The Labute approximate surface area is 145 Å². The van der Waals surface area contributed by atoms with Crippen LogP contribution in [0.15, 0.2) is 30.3 Å². The Balaban J connectivity index is 1.90. The number of hydrogen-bond acceptors (Lipinski definition) is 4. The van der Waals surface area contributed by atoms with Crippen molar-refractivity contribution in [3.8, 4) is 6.07 Å². The molecule has 0 amide bonds. The first kappa shape index (κ1) is 17.0. The van der Waals surface area contributed by atoms with Gasteiger partial charge in [-0.1, -0.05) is 24.6 Å². The first-order chi connectivity index (χ1) is 12.1. The van der Waals surface area contributed by atoms with E-state index in [-0.39, 0.29) is 0 Å². The van der Waals surface area contributed by atoms with Crippen LogP contribution in [-0.2, 0) is 17.8 Å². The lowest BCUT2D eigenvalue weighted by Gasteiger charge is -2.10. The molecule has 0 fully saturated rings. The van der Waals surface area contributed by atoms with E-state index in [4.69, 9.17) is 0 Å². The summed E-state index contributed by atoms with van der Waals surface area (Å²) >= 11 is 0. The predicted octanol–water partition coefficient (Wildman–Crippen LogP) is 3.42. The minimum atomic E-state index is -1.03. The molecule has 1 aliphatic heterocycles. The van der Waals surface area contributed by atoms with Crippen LogP contribution in [0.3, 0.4) is 0 Å². The Kier molecular flexibility index (Phi) is 5.03. The third-order valence-corrected chi connectivity index (χ3v) is 4.47. The minimum absolute atomic E-state index is 0.354. The van der Waals surface area contributed by atoms with E-state index < -0.39 is 17.5 Å². The molecular formula is C19H19FN4O. The van der Waals surface area contributed by atoms with Gasteiger partial charge in [-0.3, -0.25) is 4.79 Å². The van der Waals surface area contributed by atoms with Crippen LogP contribution in [0.2, 0.25) is 0 Å². The third-order valence-electron chi connectivity index (χ3n) is 4.47. The lowest BCUT2D eigenvalue weighted by atomic mass is 9.99. The molecule has 0 aliphatic carbocycles. The van der Waals surface area contributed by atoms with Crippen molar-refractivity contribution in [3.05, 3.63) is 53.4 Å². The highest BCUT2D eigenvalue weighted by atomic mass is 19.1. The van der Waals surface area contributed by atoms with E-state index in [0.29, 0.717) is 17.0 Å². The molecule has 6 heteroatoms. The molecule has 0 radical (unpaired) electrons. The molecule has 25 heavy (non-hydrogen) atoms. The third kappa shape index (κ3) is 3.50. The van der Waals surface area contributed by atoms with Crippen LogP contribution >= 0.6 is 0 Å². The smallest absolute Gasteiger partial charge is 0.180 e. The second-order valence-corrected chi connectivity index (χ2v) is 6.21. The van der Waals surface area contributed by atoms with E-state index in [2.05, 4.69) is 10.2 Å². The number of nitrogens with zero attached hydrogens (tertiary/aromatic N) is 4. The summed E-state index contributed by atoms with van der Waals surface area (Å²) in [5.41, 5.74) is 0.839. The lowest BCUT2D eigenvalue weighted by molar-refractivity contribution is -0.115. The quantitative estimate of drug-likeness (QED) is 0.801. The van der Waals surface area contributed by atoms with Crippen LogP contribution in [0, 0.1) is 17.1 Å². The van der Waals surface area contributed by atoms with Gasteiger partial charge in [-0.15, -0.1) is 10.2 Å². The normalized spacial score (nSPS) is 15.8. The van der Waals surface area contributed by atoms with Gasteiger partial charge in [-0.05, 0) is 37.5 Å². The first-order valence-electron chi connectivity index (χ1n) is 8.40. The van der Waals surface area contributed by atoms with Crippen molar-refractivity contribution in [1.82, 2.24) is 14.8 Å². The van der Waals surface area contributed by atoms with Gasteiger partial charge in [0.1, 0.15) is 11.6 Å². The van der Waals surface area contributed by atoms with Gasteiger partial charge in [0.2, 0.25) is 0 Å². The van der Waals surface area contributed by atoms with Crippen molar-refractivity contribution < 1.29 is 9.18 Å². The summed E-state index contributed by atoms with van der Waals surface area (Å²) in [4.78, 5) is 12.6. The molecule has 0 saturated heterocycles. The summed E-state index contributed by atoms with van der Waals surface area (Å²) in [6.07, 6.45) is 5.25. The standard InChI is InChI=1S/C19H19FN4O/c1-13(14-7-4-5-8-16(14)20)11-17(25)15(12-21)19-23-22-18-9-3-2-6-10-24(18)19/h4-5,7-8,11,15H,2-3,6,9-10H2,1H3/b13-11-/t15-/m1/s1. The molecule has 2 heterocycles. The number of aromatic nitrogens is 3. The van der Waals surface area contributed by atoms with Crippen LogP contribution in [0.5, 0.6) is 0 Å². The molecule has 0 spiro atoms. The number of carbonyl (C=O) groups is 1. The number of benzene rings is 1. The fraction of sp³-hybridized carbons (Fsp3) is 0.368. The van der Waals surface area contributed by atoms with E-state index in [1.165, 1.54) is 12.1 Å². The first-order valence-corrected chi connectivity index (χ1v) is 8.40. The zero-order valence-electron chi connectivity index (χ0n) is 14.1. The number of aryl methyl sites for hydroxylation is 1. The van der Waals surface area contributed by atoms with Crippen molar-refractivity contribution in [2.75, 3.05) is 0 Å². The number of carbonyl (C=O) groups excluding carboxylic acids is 1. The van der Waals surface area contributed by atoms with Gasteiger partial charge < -0.3 is 4.57 Å².